The lowest BCUT2D eigenvalue weighted by molar-refractivity contribution is 0.391. The van der Waals surface area contributed by atoms with Gasteiger partial charge in [-0.2, -0.15) is 22.1 Å². The molecule has 0 bridgehead atoms. The Labute approximate surface area is 365 Å². The SMILES string of the molecule is COc1ccc(-c2ccc(Oc3cccc(Oc4ccc(-c5ccc(Oc6ccc(S(=O)(=O)c7ccc(C)c(CS(=O)(=O)O)c7)cc6S(=O)(=O)OC)cc5)cc4)c3C#N)cc2)cc1. The van der Waals surface area contributed by atoms with Crippen molar-refractivity contribution in [1.82, 2.24) is 0 Å². The van der Waals surface area contributed by atoms with E-state index in [0.29, 0.717) is 28.6 Å². The molecule has 0 spiro atoms. The van der Waals surface area contributed by atoms with Crippen LogP contribution in [0.15, 0.2) is 166 Å². The summed E-state index contributed by atoms with van der Waals surface area (Å²) in [6.07, 6.45) is 0. The van der Waals surface area contributed by atoms with Crippen molar-refractivity contribution in [3.05, 3.63) is 168 Å². The molecule has 0 saturated carbocycles. The summed E-state index contributed by atoms with van der Waals surface area (Å²) in [4.78, 5) is -1.30. The highest BCUT2D eigenvalue weighted by molar-refractivity contribution is 7.91. The van der Waals surface area contributed by atoms with Gasteiger partial charge in [-0.15, -0.1) is 0 Å². The Morgan fingerprint density at radius 1 is 0.540 bits per heavy atom. The van der Waals surface area contributed by atoms with Gasteiger partial charge in [0.05, 0.1) is 24.0 Å². The number of sulfone groups is 1. The summed E-state index contributed by atoms with van der Waals surface area (Å²) in [5, 5.41) is 10.1. The lowest BCUT2D eigenvalue weighted by atomic mass is 10.1. The van der Waals surface area contributed by atoms with Crippen LogP contribution in [0.25, 0.3) is 22.3 Å². The lowest BCUT2D eigenvalue weighted by Crippen LogP contribution is -2.09. The van der Waals surface area contributed by atoms with Crippen LogP contribution < -0.4 is 18.9 Å². The van der Waals surface area contributed by atoms with Gasteiger partial charge >= 0.3 is 0 Å². The summed E-state index contributed by atoms with van der Waals surface area (Å²) in [5.41, 5.74) is 4.29. The Balaban J connectivity index is 1.05. The first-order valence-corrected chi connectivity index (χ1v) is 23.3. The van der Waals surface area contributed by atoms with Gasteiger partial charge in [0.25, 0.3) is 20.2 Å². The zero-order valence-electron chi connectivity index (χ0n) is 33.8. The molecule has 0 atom stereocenters. The number of rotatable bonds is 15. The second-order valence-corrected chi connectivity index (χ2v) is 19.0. The first-order valence-electron chi connectivity index (χ1n) is 18.8. The number of aryl methyl sites for hydroxylation is 1. The number of methoxy groups -OCH3 is 1. The minimum Gasteiger partial charge on any atom is -0.497 e. The van der Waals surface area contributed by atoms with E-state index in [1.54, 1.807) is 68.6 Å². The van der Waals surface area contributed by atoms with Crippen LogP contribution >= 0.6 is 0 Å². The van der Waals surface area contributed by atoms with E-state index in [4.69, 9.17) is 23.1 Å². The molecular formula is C47H37NO12S3. The van der Waals surface area contributed by atoms with E-state index in [1.165, 1.54) is 18.2 Å². The molecular weight excluding hydrogens is 867 g/mol. The third-order valence-electron chi connectivity index (χ3n) is 9.79. The van der Waals surface area contributed by atoms with Gasteiger partial charge in [0, 0.05) is 0 Å². The predicted octanol–water partition coefficient (Wildman–Crippen LogP) is 10.1. The highest BCUT2D eigenvalue weighted by atomic mass is 32.2. The largest absolute Gasteiger partial charge is 0.497 e. The summed E-state index contributed by atoms with van der Waals surface area (Å²) in [7, 11) is -10.8. The molecule has 7 aromatic carbocycles. The molecule has 0 radical (unpaired) electrons. The van der Waals surface area contributed by atoms with Gasteiger partial charge in [0.15, 0.2) is 0 Å². The minimum absolute atomic E-state index is 0.0579. The number of ether oxygens (including phenoxy) is 4. The van der Waals surface area contributed by atoms with E-state index >= 15 is 0 Å². The molecule has 16 heteroatoms. The van der Waals surface area contributed by atoms with Crippen LogP contribution in [-0.4, -0.2) is 44.0 Å². The number of nitriles is 1. The number of nitrogens with zero attached hydrogens (tertiary/aromatic N) is 1. The van der Waals surface area contributed by atoms with E-state index < -0.39 is 45.6 Å². The maximum atomic E-state index is 13.6. The fourth-order valence-corrected chi connectivity index (χ4v) is 9.35. The first-order chi connectivity index (χ1) is 30.1. The minimum atomic E-state index is -4.51. The fourth-order valence-electron chi connectivity index (χ4n) is 6.43. The third kappa shape index (κ3) is 10.2. The van der Waals surface area contributed by atoms with Crippen molar-refractivity contribution in [2.45, 2.75) is 27.4 Å². The smallest absolute Gasteiger partial charge is 0.300 e. The van der Waals surface area contributed by atoms with Crippen LogP contribution in [0, 0.1) is 18.3 Å². The Hall–Kier alpha value is -7.00. The maximum Gasteiger partial charge on any atom is 0.300 e. The van der Waals surface area contributed by atoms with Crippen molar-refractivity contribution in [2.24, 2.45) is 0 Å². The quantitative estimate of drug-likeness (QED) is 0.0755. The van der Waals surface area contributed by atoms with Crippen molar-refractivity contribution in [3.8, 4) is 68.6 Å². The van der Waals surface area contributed by atoms with Crippen molar-refractivity contribution in [1.29, 1.82) is 5.26 Å². The van der Waals surface area contributed by atoms with E-state index in [0.717, 1.165) is 53.3 Å². The molecule has 0 aliphatic rings. The number of hydrogen-bond donors (Lipinski definition) is 1. The summed E-state index contributed by atoms with van der Waals surface area (Å²) in [5.74, 6) is 1.62. The van der Waals surface area contributed by atoms with Crippen LogP contribution in [0.2, 0.25) is 0 Å². The van der Waals surface area contributed by atoms with Crippen LogP contribution in [0.5, 0.6) is 40.2 Å². The van der Waals surface area contributed by atoms with E-state index in [1.807, 2.05) is 60.7 Å². The second kappa shape index (κ2) is 18.2. The molecule has 0 amide bonds. The van der Waals surface area contributed by atoms with Crippen molar-refractivity contribution < 1.29 is 52.9 Å². The van der Waals surface area contributed by atoms with Gasteiger partial charge in [-0.25, -0.2) is 8.42 Å². The zero-order valence-corrected chi connectivity index (χ0v) is 36.2. The Morgan fingerprint density at radius 3 is 1.40 bits per heavy atom. The number of hydrogen-bond acceptors (Lipinski definition) is 12. The average Bonchev–Trinajstić information content (AvgIpc) is 3.27. The Bertz CT molecular complexity index is 3180. The van der Waals surface area contributed by atoms with Crippen LogP contribution in [-0.2, 0) is 40.0 Å². The summed E-state index contributed by atoms with van der Waals surface area (Å²) in [6.45, 7) is 1.56. The van der Waals surface area contributed by atoms with Gasteiger partial charge in [-0.3, -0.25) is 8.74 Å². The van der Waals surface area contributed by atoms with E-state index in [-0.39, 0.29) is 27.5 Å². The highest BCUT2D eigenvalue weighted by Crippen LogP contribution is 2.37. The standard InChI is InChI=1S/C47H37NO12S3/c1-31-7-24-41(27-36(31)30-61(49,50)51)62(52,53)42-25-26-46(47(28-42)63(54,55)57-3)60-40-22-14-35(15-23-40)34-12-20-39(21-13-34)59-45-6-4-5-44(43(45)29-48)58-38-18-10-33(11-19-38)32-8-16-37(56-2)17-9-32/h4-28H,30H2,1-3H3,(H,49,50,51). The van der Waals surface area contributed by atoms with Gasteiger partial charge < -0.3 is 18.9 Å². The zero-order chi connectivity index (χ0) is 44.9. The lowest BCUT2D eigenvalue weighted by Gasteiger charge is -2.14. The maximum absolute atomic E-state index is 13.6. The normalized spacial score (nSPS) is 11.7. The summed E-state index contributed by atoms with van der Waals surface area (Å²) < 4.78 is 114. The van der Waals surface area contributed by atoms with Crippen molar-refractivity contribution in [3.63, 3.8) is 0 Å². The molecule has 0 aliphatic carbocycles. The van der Waals surface area contributed by atoms with Crippen LogP contribution in [0.3, 0.4) is 0 Å². The molecule has 0 saturated heterocycles. The van der Waals surface area contributed by atoms with Crippen LogP contribution in [0.1, 0.15) is 16.7 Å². The molecule has 320 valence electrons. The molecule has 0 fully saturated rings. The molecule has 7 rings (SSSR count). The van der Waals surface area contributed by atoms with Gasteiger partial charge in [0.1, 0.15) is 62.5 Å². The molecule has 1 N–H and O–H groups in total. The first kappa shape index (κ1) is 44.1. The van der Waals surface area contributed by atoms with Gasteiger partial charge in [-0.05, 0) is 131 Å². The molecule has 0 aliphatic heterocycles. The average molecular weight is 904 g/mol. The Morgan fingerprint density at radius 2 is 0.968 bits per heavy atom. The van der Waals surface area contributed by atoms with Crippen molar-refractivity contribution in [2.75, 3.05) is 14.2 Å². The Kier molecular flexibility index (Phi) is 12.7. The molecule has 0 aromatic heterocycles. The van der Waals surface area contributed by atoms with Crippen LogP contribution in [0.4, 0.5) is 0 Å². The molecule has 0 unspecified atom stereocenters. The second-order valence-electron chi connectivity index (χ2n) is 13.9. The monoisotopic (exact) mass is 903 g/mol. The molecule has 13 nitrogen and oxygen atoms in total. The van der Waals surface area contributed by atoms with Gasteiger partial charge in [0.2, 0.25) is 9.84 Å². The van der Waals surface area contributed by atoms with Crippen molar-refractivity contribution >= 4 is 30.1 Å². The molecule has 0 heterocycles. The van der Waals surface area contributed by atoms with E-state index in [9.17, 15) is 35.1 Å². The topological polar surface area (TPSA) is 193 Å². The van der Waals surface area contributed by atoms with E-state index in [2.05, 4.69) is 6.07 Å². The third-order valence-corrected chi connectivity index (χ3v) is 13.5. The van der Waals surface area contributed by atoms with Gasteiger partial charge in [-0.1, -0.05) is 60.7 Å². The molecule has 63 heavy (non-hydrogen) atoms. The highest BCUT2D eigenvalue weighted by Gasteiger charge is 2.27. The summed E-state index contributed by atoms with van der Waals surface area (Å²) in [6, 6.07) is 43.3. The predicted molar refractivity (Wildman–Crippen MR) is 234 cm³/mol. The fraction of sp³-hybridized carbons (Fsp3) is 0.0851. The summed E-state index contributed by atoms with van der Waals surface area (Å²) >= 11 is 0. The molecule has 7 aromatic rings. The number of benzene rings is 7.